The van der Waals surface area contributed by atoms with Crippen LogP contribution in [-0.2, 0) is 19.9 Å². The number of aryl methyl sites for hydroxylation is 2. The second-order valence-corrected chi connectivity index (χ2v) is 4.91. The first-order valence-electron chi connectivity index (χ1n) is 6.72. The zero-order chi connectivity index (χ0) is 13.8. The topological polar surface area (TPSA) is 69.0 Å². The molecule has 5 nitrogen and oxygen atoms in total. The molecule has 2 aromatic heterocycles. The first kappa shape index (κ1) is 13.5. The molecule has 5 heteroatoms. The molecule has 0 spiro atoms. The van der Waals surface area contributed by atoms with E-state index in [-0.39, 0.29) is 6.04 Å². The quantitative estimate of drug-likeness (QED) is 0.839. The van der Waals surface area contributed by atoms with E-state index in [2.05, 4.69) is 24.3 Å². The smallest absolute Gasteiger partial charge is 0.148 e. The maximum atomic E-state index is 6.14. The van der Waals surface area contributed by atoms with E-state index in [9.17, 15) is 0 Å². The number of hydrogen-bond donors (Lipinski definition) is 2. The van der Waals surface area contributed by atoms with Gasteiger partial charge >= 0.3 is 0 Å². The van der Waals surface area contributed by atoms with Gasteiger partial charge in [0, 0.05) is 19.5 Å². The van der Waals surface area contributed by atoms with Crippen molar-refractivity contribution in [3.05, 3.63) is 29.9 Å². The number of nitrogens with zero attached hydrogens (tertiary/aromatic N) is 2. The molecular formula is C14H22N4O. The summed E-state index contributed by atoms with van der Waals surface area (Å²) >= 11 is 0. The Morgan fingerprint density at radius 2 is 2.32 bits per heavy atom. The van der Waals surface area contributed by atoms with Crippen molar-refractivity contribution >= 4 is 11.5 Å². The second-order valence-electron chi connectivity index (χ2n) is 4.91. The molecule has 2 heterocycles. The third kappa shape index (κ3) is 3.10. The molecule has 0 aliphatic heterocycles. The van der Waals surface area contributed by atoms with E-state index in [0.29, 0.717) is 0 Å². The van der Waals surface area contributed by atoms with E-state index in [0.717, 1.165) is 42.2 Å². The van der Waals surface area contributed by atoms with E-state index in [1.807, 2.05) is 23.9 Å². The molecule has 1 atom stereocenters. The van der Waals surface area contributed by atoms with Crippen molar-refractivity contribution in [2.75, 3.05) is 11.1 Å². The minimum Gasteiger partial charge on any atom is -0.469 e. The molecule has 1 unspecified atom stereocenters. The molecule has 0 aromatic carbocycles. The van der Waals surface area contributed by atoms with Crippen LogP contribution in [0, 0.1) is 0 Å². The molecule has 2 aromatic rings. The fourth-order valence-electron chi connectivity index (χ4n) is 2.20. The summed E-state index contributed by atoms with van der Waals surface area (Å²) < 4.78 is 7.17. The van der Waals surface area contributed by atoms with Gasteiger partial charge in [-0.3, -0.25) is 4.68 Å². The van der Waals surface area contributed by atoms with Crippen molar-refractivity contribution in [2.24, 2.45) is 7.05 Å². The SMILES string of the molecule is CCCc1nn(C)c(NC(C)Cc2ccco2)c1N. The number of hydrogen-bond acceptors (Lipinski definition) is 4. The van der Waals surface area contributed by atoms with Crippen molar-refractivity contribution < 1.29 is 4.42 Å². The fourth-order valence-corrected chi connectivity index (χ4v) is 2.20. The second kappa shape index (κ2) is 5.82. The van der Waals surface area contributed by atoms with Crippen molar-refractivity contribution in [3.8, 4) is 0 Å². The van der Waals surface area contributed by atoms with Crippen LogP contribution in [-0.4, -0.2) is 15.8 Å². The third-order valence-corrected chi connectivity index (χ3v) is 3.12. The zero-order valence-electron chi connectivity index (χ0n) is 11.8. The molecule has 0 aliphatic rings. The predicted molar refractivity (Wildman–Crippen MR) is 77.1 cm³/mol. The highest BCUT2D eigenvalue weighted by Crippen LogP contribution is 2.24. The van der Waals surface area contributed by atoms with Gasteiger partial charge in [0.15, 0.2) is 0 Å². The van der Waals surface area contributed by atoms with E-state index >= 15 is 0 Å². The summed E-state index contributed by atoms with van der Waals surface area (Å²) in [7, 11) is 1.91. The molecule has 0 saturated heterocycles. The van der Waals surface area contributed by atoms with Crippen molar-refractivity contribution in [1.82, 2.24) is 9.78 Å². The minimum atomic E-state index is 0.235. The van der Waals surface area contributed by atoms with Crippen LogP contribution >= 0.6 is 0 Å². The van der Waals surface area contributed by atoms with Gasteiger partial charge in [-0.05, 0) is 25.5 Å². The molecule has 0 bridgehead atoms. The van der Waals surface area contributed by atoms with Crippen LogP contribution in [0.15, 0.2) is 22.8 Å². The van der Waals surface area contributed by atoms with Gasteiger partial charge in [0.2, 0.25) is 0 Å². The standard InChI is InChI=1S/C14H22N4O/c1-4-6-12-13(15)14(18(3)17-12)16-10(2)9-11-7-5-8-19-11/h5,7-8,10,16H,4,6,9,15H2,1-3H3. The highest BCUT2D eigenvalue weighted by molar-refractivity contribution is 5.65. The lowest BCUT2D eigenvalue weighted by atomic mass is 10.2. The van der Waals surface area contributed by atoms with Crippen LogP contribution in [0.1, 0.15) is 31.7 Å². The molecule has 19 heavy (non-hydrogen) atoms. The molecule has 0 saturated carbocycles. The van der Waals surface area contributed by atoms with Gasteiger partial charge in [-0.25, -0.2) is 0 Å². The summed E-state index contributed by atoms with van der Waals surface area (Å²) in [5.41, 5.74) is 7.87. The minimum absolute atomic E-state index is 0.235. The monoisotopic (exact) mass is 262 g/mol. The maximum Gasteiger partial charge on any atom is 0.148 e. The highest BCUT2D eigenvalue weighted by atomic mass is 16.3. The summed E-state index contributed by atoms with van der Waals surface area (Å²) in [6.45, 7) is 4.23. The van der Waals surface area contributed by atoms with E-state index < -0.39 is 0 Å². The lowest BCUT2D eigenvalue weighted by Crippen LogP contribution is -2.20. The number of nitrogens with one attached hydrogen (secondary N) is 1. The first-order valence-corrected chi connectivity index (χ1v) is 6.72. The zero-order valence-corrected chi connectivity index (χ0v) is 11.8. The molecule has 104 valence electrons. The van der Waals surface area contributed by atoms with Crippen LogP contribution in [0.5, 0.6) is 0 Å². The van der Waals surface area contributed by atoms with Gasteiger partial charge < -0.3 is 15.5 Å². The molecule has 3 N–H and O–H groups in total. The molecule has 0 amide bonds. The average Bonchev–Trinajstić information content (AvgIpc) is 2.94. The number of nitrogen functional groups attached to an aromatic ring is 1. The van der Waals surface area contributed by atoms with Gasteiger partial charge in [0.1, 0.15) is 11.6 Å². The third-order valence-electron chi connectivity index (χ3n) is 3.12. The van der Waals surface area contributed by atoms with Gasteiger partial charge in [-0.1, -0.05) is 13.3 Å². The highest BCUT2D eigenvalue weighted by Gasteiger charge is 2.15. The summed E-state index contributed by atoms with van der Waals surface area (Å²) in [6, 6.07) is 4.12. The van der Waals surface area contributed by atoms with Gasteiger partial charge in [0.05, 0.1) is 17.6 Å². The number of nitrogens with two attached hydrogens (primary N) is 1. The summed E-state index contributed by atoms with van der Waals surface area (Å²) in [5, 5.41) is 7.87. The van der Waals surface area contributed by atoms with Gasteiger partial charge in [-0.2, -0.15) is 5.10 Å². The fraction of sp³-hybridized carbons (Fsp3) is 0.500. The molecule has 0 aliphatic carbocycles. The Bertz CT molecular complexity index is 516. The maximum absolute atomic E-state index is 6.14. The van der Waals surface area contributed by atoms with Crippen LogP contribution in [0.4, 0.5) is 11.5 Å². The van der Waals surface area contributed by atoms with Crippen LogP contribution in [0.2, 0.25) is 0 Å². The van der Waals surface area contributed by atoms with Crippen LogP contribution in [0.3, 0.4) is 0 Å². The normalized spacial score (nSPS) is 12.6. The van der Waals surface area contributed by atoms with E-state index in [1.165, 1.54) is 0 Å². The Balaban J connectivity index is 2.06. The van der Waals surface area contributed by atoms with Gasteiger partial charge in [0.25, 0.3) is 0 Å². The Kier molecular flexibility index (Phi) is 4.14. The lowest BCUT2D eigenvalue weighted by molar-refractivity contribution is 0.497. The van der Waals surface area contributed by atoms with Crippen molar-refractivity contribution in [2.45, 2.75) is 39.2 Å². The summed E-state index contributed by atoms with van der Waals surface area (Å²) in [5.74, 6) is 1.86. The van der Waals surface area contributed by atoms with Crippen molar-refractivity contribution in [1.29, 1.82) is 0 Å². The van der Waals surface area contributed by atoms with E-state index in [1.54, 1.807) is 6.26 Å². The molecular weight excluding hydrogens is 240 g/mol. The molecule has 0 fully saturated rings. The van der Waals surface area contributed by atoms with Crippen LogP contribution in [0.25, 0.3) is 0 Å². The largest absolute Gasteiger partial charge is 0.469 e. The van der Waals surface area contributed by atoms with Gasteiger partial charge in [-0.15, -0.1) is 0 Å². The molecule has 0 radical (unpaired) electrons. The summed E-state index contributed by atoms with van der Waals surface area (Å²) in [4.78, 5) is 0. The lowest BCUT2D eigenvalue weighted by Gasteiger charge is -2.14. The Morgan fingerprint density at radius 1 is 1.53 bits per heavy atom. The molecule has 2 rings (SSSR count). The average molecular weight is 262 g/mol. The Morgan fingerprint density at radius 3 is 2.95 bits per heavy atom. The number of furan rings is 1. The van der Waals surface area contributed by atoms with Crippen molar-refractivity contribution in [3.63, 3.8) is 0 Å². The predicted octanol–water partition coefficient (Wildman–Crippen LogP) is 2.59. The Labute approximate surface area is 113 Å². The summed E-state index contributed by atoms with van der Waals surface area (Å²) in [6.07, 6.45) is 4.47. The van der Waals surface area contributed by atoms with Crippen LogP contribution < -0.4 is 11.1 Å². The number of anilines is 2. The Hall–Kier alpha value is -1.91. The first-order chi connectivity index (χ1) is 9.11. The van der Waals surface area contributed by atoms with E-state index in [4.69, 9.17) is 10.2 Å². The number of rotatable bonds is 6. The number of aromatic nitrogens is 2.